The highest BCUT2D eigenvalue weighted by atomic mass is 32.2. The first kappa shape index (κ1) is 11.6. The smallest absolute Gasteiger partial charge is 0.0572 e. The number of benzene rings is 1. The maximum Gasteiger partial charge on any atom is 0.0572 e. The van der Waals surface area contributed by atoms with Crippen molar-refractivity contribution in [1.29, 1.82) is 0 Å². The summed E-state index contributed by atoms with van der Waals surface area (Å²) in [5, 5.41) is 0. The lowest BCUT2D eigenvalue weighted by Crippen LogP contribution is -2.14. The second-order valence-electron chi connectivity index (χ2n) is 2.93. The van der Waals surface area contributed by atoms with Crippen LogP contribution in [0.3, 0.4) is 0 Å². The molecule has 1 aromatic carbocycles. The van der Waals surface area contributed by atoms with E-state index in [2.05, 4.69) is 36.7 Å². The van der Waals surface area contributed by atoms with Gasteiger partial charge >= 0.3 is 0 Å². The fraction of sp³-hybridized carbons (Fsp3) is 0.455. The summed E-state index contributed by atoms with van der Waals surface area (Å²) in [5.74, 6) is 1.13. The van der Waals surface area contributed by atoms with Gasteiger partial charge in [-0.05, 0) is 29.9 Å². The second kappa shape index (κ2) is 6.87. The van der Waals surface area contributed by atoms with E-state index < -0.39 is 0 Å². The Morgan fingerprint density at radius 1 is 1.29 bits per heavy atom. The van der Waals surface area contributed by atoms with Gasteiger partial charge in [0, 0.05) is 11.4 Å². The van der Waals surface area contributed by atoms with Crippen molar-refractivity contribution in [2.75, 3.05) is 19.4 Å². The summed E-state index contributed by atoms with van der Waals surface area (Å²) in [7, 11) is 1.64. The van der Waals surface area contributed by atoms with Crippen LogP contribution in [-0.2, 0) is 11.3 Å². The molecule has 0 unspecified atom stereocenters. The van der Waals surface area contributed by atoms with Gasteiger partial charge in [0.05, 0.1) is 7.11 Å². The molecule has 0 saturated carbocycles. The molecule has 0 amide bonds. The lowest BCUT2D eigenvalue weighted by atomic mass is 10.2. The zero-order chi connectivity index (χ0) is 10.2. The van der Waals surface area contributed by atoms with E-state index in [1.165, 1.54) is 10.5 Å². The van der Waals surface area contributed by atoms with Gasteiger partial charge in [0.1, 0.15) is 0 Å². The van der Waals surface area contributed by atoms with E-state index in [0.29, 0.717) is 0 Å². The van der Waals surface area contributed by atoms with E-state index in [1.807, 2.05) is 11.8 Å². The van der Waals surface area contributed by atoms with Crippen LogP contribution in [0.15, 0.2) is 29.2 Å². The molecule has 3 heteroatoms. The summed E-state index contributed by atoms with van der Waals surface area (Å²) >= 11 is 1.87. The maximum absolute atomic E-state index is 4.77. The fourth-order valence-corrected chi connectivity index (χ4v) is 1.88. The Balaban J connectivity index is 2.38. The lowest BCUT2D eigenvalue weighted by molar-refractivity contribution is 0.0928. The number of rotatable bonds is 6. The van der Waals surface area contributed by atoms with Crippen molar-refractivity contribution < 1.29 is 4.84 Å². The normalized spacial score (nSPS) is 10.4. The molecule has 2 nitrogen and oxygen atoms in total. The Hall–Kier alpha value is -0.510. The van der Waals surface area contributed by atoms with Crippen LogP contribution >= 0.6 is 11.8 Å². The lowest BCUT2D eigenvalue weighted by Gasteiger charge is -2.03. The summed E-state index contributed by atoms with van der Waals surface area (Å²) in [6.07, 6.45) is 1.00. The van der Waals surface area contributed by atoms with Gasteiger partial charge in [0.25, 0.3) is 0 Å². The molecule has 14 heavy (non-hydrogen) atoms. The van der Waals surface area contributed by atoms with Crippen molar-refractivity contribution in [3.05, 3.63) is 29.8 Å². The molecule has 0 atom stereocenters. The number of hydrogen-bond acceptors (Lipinski definition) is 3. The first-order chi connectivity index (χ1) is 6.86. The summed E-state index contributed by atoms with van der Waals surface area (Å²) in [6, 6.07) is 8.71. The highest BCUT2D eigenvalue weighted by Crippen LogP contribution is 2.17. The van der Waals surface area contributed by atoms with Gasteiger partial charge in [0.15, 0.2) is 0 Å². The van der Waals surface area contributed by atoms with Crippen molar-refractivity contribution >= 4 is 11.8 Å². The molecule has 0 spiro atoms. The molecular weight excluding hydrogens is 194 g/mol. The highest BCUT2D eigenvalue weighted by Gasteiger charge is 1.94. The third-order valence-corrected chi connectivity index (χ3v) is 2.79. The van der Waals surface area contributed by atoms with Crippen LogP contribution in [0.4, 0.5) is 0 Å². The Kier molecular flexibility index (Phi) is 5.68. The number of thioether (sulfide) groups is 1. The Bertz CT molecular complexity index is 248. The molecule has 0 aromatic heterocycles. The standard InChI is InChI=1S/C11H17NOS/c1-3-14-11-6-4-10(5-7-11)8-9-12-13-2/h4-7,12H,3,8-9H2,1-2H3. The van der Waals surface area contributed by atoms with Gasteiger partial charge < -0.3 is 4.84 Å². The van der Waals surface area contributed by atoms with Crippen LogP contribution in [-0.4, -0.2) is 19.4 Å². The highest BCUT2D eigenvalue weighted by molar-refractivity contribution is 7.99. The van der Waals surface area contributed by atoms with Crippen LogP contribution in [0, 0.1) is 0 Å². The molecule has 0 fully saturated rings. The minimum Gasteiger partial charge on any atom is -0.305 e. The van der Waals surface area contributed by atoms with Gasteiger partial charge in [-0.2, -0.15) is 0 Å². The molecule has 0 heterocycles. The van der Waals surface area contributed by atoms with Crippen LogP contribution in [0.1, 0.15) is 12.5 Å². The second-order valence-corrected chi connectivity index (χ2v) is 4.26. The fourth-order valence-electron chi connectivity index (χ4n) is 1.22. The molecule has 0 saturated heterocycles. The minimum atomic E-state index is 0.858. The van der Waals surface area contributed by atoms with Crippen LogP contribution < -0.4 is 5.48 Å². The SMILES string of the molecule is CCSc1ccc(CCNOC)cc1. The van der Waals surface area contributed by atoms with E-state index in [9.17, 15) is 0 Å². The zero-order valence-corrected chi connectivity index (χ0v) is 9.56. The summed E-state index contributed by atoms with van der Waals surface area (Å²) in [5.41, 5.74) is 4.17. The van der Waals surface area contributed by atoms with Gasteiger partial charge in [-0.1, -0.05) is 19.1 Å². The van der Waals surface area contributed by atoms with E-state index in [-0.39, 0.29) is 0 Å². The maximum atomic E-state index is 4.77. The molecule has 1 rings (SSSR count). The van der Waals surface area contributed by atoms with Crippen molar-refractivity contribution in [3.8, 4) is 0 Å². The van der Waals surface area contributed by atoms with Crippen molar-refractivity contribution in [2.24, 2.45) is 0 Å². The van der Waals surface area contributed by atoms with Gasteiger partial charge in [0.2, 0.25) is 0 Å². The molecule has 0 aliphatic carbocycles. The summed E-state index contributed by atoms with van der Waals surface area (Å²) in [4.78, 5) is 6.12. The van der Waals surface area contributed by atoms with Crippen molar-refractivity contribution in [3.63, 3.8) is 0 Å². The third-order valence-electron chi connectivity index (χ3n) is 1.89. The van der Waals surface area contributed by atoms with E-state index in [4.69, 9.17) is 4.84 Å². The summed E-state index contributed by atoms with van der Waals surface area (Å²) in [6.45, 7) is 3.03. The summed E-state index contributed by atoms with van der Waals surface area (Å²) < 4.78 is 0. The molecule has 0 bridgehead atoms. The predicted molar refractivity (Wildman–Crippen MR) is 61.6 cm³/mol. The van der Waals surface area contributed by atoms with E-state index >= 15 is 0 Å². The zero-order valence-electron chi connectivity index (χ0n) is 8.75. The Labute approximate surface area is 90.0 Å². The quantitative estimate of drug-likeness (QED) is 0.444. The first-order valence-corrected chi connectivity index (χ1v) is 5.83. The van der Waals surface area contributed by atoms with Crippen molar-refractivity contribution in [2.45, 2.75) is 18.2 Å². The average molecular weight is 211 g/mol. The topological polar surface area (TPSA) is 21.3 Å². The largest absolute Gasteiger partial charge is 0.305 e. The Morgan fingerprint density at radius 3 is 2.57 bits per heavy atom. The molecule has 78 valence electrons. The number of nitrogens with one attached hydrogen (secondary N) is 1. The first-order valence-electron chi connectivity index (χ1n) is 4.84. The van der Waals surface area contributed by atoms with Crippen LogP contribution in [0.25, 0.3) is 0 Å². The predicted octanol–water partition coefficient (Wildman–Crippen LogP) is 2.49. The third kappa shape index (κ3) is 4.13. The molecule has 0 aliphatic heterocycles. The van der Waals surface area contributed by atoms with Crippen molar-refractivity contribution in [1.82, 2.24) is 5.48 Å². The Morgan fingerprint density at radius 2 is 2.00 bits per heavy atom. The molecule has 0 aliphatic rings. The molecule has 0 radical (unpaired) electrons. The minimum absolute atomic E-state index is 0.858. The molecule has 1 N–H and O–H groups in total. The number of hydrogen-bond donors (Lipinski definition) is 1. The van der Waals surface area contributed by atoms with Gasteiger partial charge in [-0.15, -0.1) is 11.8 Å². The average Bonchev–Trinajstić information content (AvgIpc) is 2.21. The van der Waals surface area contributed by atoms with Crippen LogP contribution in [0.5, 0.6) is 0 Å². The monoisotopic (exact) mass is 211 g/mol. The molecular formula is C11H17NOS. The number of hydroxylamine groups is 1. The van der Waals surface area contributed by atoms with E-state index in [0.717, 1.165) is 18.7 Å². The van der Waals surface area contributed by atoms with Crippen LogP contribution in [0.2, 0.25) is 0 Å². The van der Waals surface area contributed by atoms with Gasteiger partial charge in [-0.3, -0.25) is 0 Å². The molecule has 1 aromatic rings. The van der Waals surface area contributed by atoms with Gasteiger partial charge in [-0.25, -0.2) is 5.48 Å². The van der Waals surface area contributed by atoms with E-state index in [1.54, 1.807) is 7.11 Å².